The Bertz CT molecular complexity index is 606. The van der Waals surface area contributed by atoms with Crippen LogP contribution < -0.4 is 17.4 Å². The fourth-order valence-corrected chi connectivity index (χ4v) is 3.70. The van der Waals surface area contributed by atoms with Crippen LogP contribution >= 0.6 is 0 Å². The molecule has 2 atom stereocenters. The number of ether oxygens (including phenoxy) is 2. The molecule has 0 bridgehead atoms. The summed E-state index contributed by atoms with van der Waals surface area (Å²) in [4.78, 5) is 4.56. The first-order valence-electron chi connectivity index (χ1n) is 10.0. The average molecular weight is 408 g/mol. The van der Waals surface area contributed by atoms with Gasteiger partial charge in [0.2, 0.25) is 0 Å². The zero-order valence-corrected chi connectivity index (χ0v) is 17.8. The maximum atomic E-state index is 6.73. The number of hydrazine groups is 2. The van der Waals surface area contributed by atoms with Crippen molar-refractivity contribution >= 4 is 0 Å². The molecule has 0 aliphatic carbocycles. The van der Waals surface area contributed by atoms with Crippen molar-refractivity contribution in [1.29, 1.82) is 0 Å². The van der Waals surface area contributed by atoms with Gasteiger partial charge in [0.05, 0.1) is 32.1 Å². The molecule has 9 heteroatoms. The molecule has 2 saturated heterocycles. The maximum Gasteiger partial charge on any atom is 0.133 e. The molecule has 0 aromatic rings. The first kappa shape index (κ1) is 23.4. The molecular formula is C20H37N7O2. The molecular weight excluding hydrogens is 370 g/mol. The van der Waals surface area contributed by atoms with E-state index in [1.807, 2.05) is 26.0 Å². The van der Waals surface area contributed by atoms with Gasteiger partial charge in [-0.25, -0.2) is 11.7 Å². The van der Waals surface area contributed by atoms with Gasteiger partial charge in [-0.1, -0.05) is 19.2 Å². The van der Waals surface area contributed by atoms with Crippen molar-refractivity contribution in [3.63, 3.8) is 0 Å². The lowest BCUT2D eigenvalue weighted by Crippen LogP contribution is -2.70. The number of allylic oxidation sites excluding steroid dienone is 4. The van der Waals surface area contributed by atoms with Crippen molar-refractivity contribution in [3.05, 3.63) is 48.5 Å². The van der Waals surface area contributed by atoms with E-state index in [-0.39, 0.29) is 12.3 Å². The summed E-state index contributed by atoms with van der Waals surface area (Å²) in [5.74, 6) is 13.3. The summed E-state index contributed by atoms with van der Waals surface area (Å²) >= 11 is 0. The van der Waals surface area contributed by atoms with Gasteiger partial charge in [0, 0.05) is 37.6 Å². The van der Waals surface area contributed by atoms with Gasteiger partial charge in [-0.05, 0) is 26.0 Å². The first-order valence-corrected chi connectivity index (χ1v) is 10.0. The van der Waals surface area contributed by atoms with E-state index in [1.165, 1.54) is 0 Å². The van der Waals surface area contributed by atoms with Gasteiger partial charge in [-0.15, -0.1) is 0 Å². The summed E-state index contributed by atoms with van der Waals surface area (Å²) in [7, 11) is 0. The van der Waals surface area contributed by atoms with Crippen LogP contribution in [0, 0.1) is 0 Å². The van der Waals surface area contributed by atoms with Crippen LogP contribution in [-0.2, 0) is 9.47 Å². The molecule has 2 unspecified atom stereocenters. The summed E-state index contributed by atoms with van der Waals surface area (Å²) in [6.45, 7) is 17.2. The smallest absolute Gasteiger partial charge is 0.133 e. The number of nitrogens with two attached hydrogens (primary N) is 3. The largest absolute Gasteiger partial charge is 0.401 e. The van der Waals surface area contributed by atoms with Crippen LogP contribution in [0.2, 0.25) is 0 Å². The number of rotatable bonds is 9. The third-order valence-corrected chi connectivity index (χ3v) is 5.25. The maximum absolute atomic E-state index is 6.73. The van der Waals surface area contributed by atoms with Gasteiger partial charge in [0.25, 0.3) is 0 Å². The van der Waals surface area contributed by atoms with E-state index >= 15 is 0 Å². The summed E-state index contributed by atoms with van der Waals surface area (Å²) in [6, 6.07) is 0. The lowest BCUT2D eigenvalue weighted by atomic mass is 10.1. The quantitative estimate of drug-likeness (QED) is 0.279. The van der Waals surface area contributed by atoms with Crippen molar-refractivity contribution in [2.24, 2.45) is 17.4 Å². The molecule has 6 N–H and O–H groups in total. The van der Waals surface area contributed by atoms with E-state index < -0.39 is 0 Å². The Hall–Kier alpha value is -1.88. The van der Waals surface area contributed by atoms with Crippen molar-refractivity contribution in [2.45, 2.75) is 26.2 Å². The van der Waals surface area contributed by atoms with Gasteiger partial charge in [0.1, 0.15) is 12.3 Å². The molecule has 29 heavy (non-hydrogen) atoms. The van der Waals surface area contributed by atoms with E-state index in [9.17, 15) is 0 Å². The number of hydrogen-bond donors (Lipinski definition) is 3. The predicted octanol–water partition coefficient (Wildman–Crippen LogP) is 0.120. The Morgan fingerprint density at radius 2 is 1.41 bits per heavy atom. The van der Waals surface area contributed by atoms with Crippen LogP contribution in [0.4, 0.5) is 0 Å². The third kappa shape index (κ3) is 5.81. The van der Waals surface area contributed by atoms with Crippen molar-refractivity contribution in [3.8, 4) is 0 Å². The minimum Gasteiger partial charge on any atom is -0.401 e. The Kier molecular flexibility index (Phi) is 9.15. The van der Waals surface area contributed by atoms with Crippen LogP contribution in [0.1, 0.15) is 13.8 Å². The molecule has 2 rings (SSSR count). The van der Waals surface area contributed by atoms with Crippen LogP contribution in [0.5, 0.6) is 0 Å². The Labute approximate surface area is 174 Å². The fourth-order valence-electron chi connectivity index (χ4n) is 3.70. The van der Waals surface area contributed by atoms with Gasteiger partial charge >= 0.3 is 0 Å². The second-order valence-corrected chi connectivity index (χ2v) is 7.20. The molecule has 0 spiro atoms. The lowest BCUT2D eigenvalue weighted by molar-refractivity contribution is -0.115. The SMILES string of the molecule is C=CC(=C)N(N)C(C(N1CCOCC1)N(N)C(/C=C\C)=C(/C)N)N1CCOCC1. The van der Waals surface area contributed by atoms with Crippen molar-refractivity contribution < 1.29 is 9.47 Å². The summed E-state index contributed by atoms with van der Waals surface area (Å²) in [5.41, 5.74) is 8.19. The highest BCUT2D eigenvalue weighted by atomic mass is 16.5. The topological polar surface area (TPSA) is 109 Å². The molecule has 2 aliphatic rings. The Balaban J connectivity index is 2.51. The summed E-state index contributed by atoms with van der Waals surface area (Å²) in [6.07, 6.45) is 4.92. The highest BCUT2D eigenvalue weighted by Gasteiger charge is 2.40. The van der Waals surface area contributed by atoms with E-state index in [4.69, 9.17) is 26.9 Å². The summed E-state index contributed by atoms with van der Waals surface area (Å²) in [5, 5.41) is 3.37. The third-order valence-electron chi connectivity index (χ3n) is 5.25. The second-order valence-electron chi connectivity index (χ2n) is 7.20. The van der Waals surface area contributed by atoms with Crippen LogP contribution in [0.3, 0.4) is 0 Å². The monoisotopic (exact) mass is 407 g/mol. The molecule has 2 fully saturated rings. The minimum atomic E-state index is -0.289. The second kappa shape index (κ2) is 11.3. The number of hydrogen-bond acceptors (Lipinski definition) is 9. The molecule has 9 nitrogen and oxygen atoms in total. The van der Waals surface area contributed by atoms with Crippen LogP contribution in [-0.4, -0.2) is 84.8 Å². The van der Waals surface area contributed by atoms with E-state index in [2.05, 4.69) is 23.0 Å². The number of morpholine rings is 2. The molecule has 2 heterocycles. The highest BCUT2D eigenvalue weighted by Crippen LogP contribution is 2.24. The predicted molar refractivity (Wildman–Crippen MR) is 115 cm³/mol. The number of nitrogens with zero attached hydrogens (tertiary/aromatic N) is 4. The van der Waals surface area contributed by atoms with Crippen LogP contribution in [0.15, 0.2) is 48.5 Å². The average Bonchev–Trinajstić information content (AvgIpc) is 2.75. The molecule has 0 amide bonds. The minimum absolute atomic E-state index is 0.285. The normalized spacial score (nSPS) is 22.1. The molecule has 0 aromatic heterocycles. The van der Waals surface area contributed by atoms with E-state index in [0.717, 1.165) is 31.9 Å². The van der Waals surface area contributed by atoms with Gasteiger partial charge in [0.15, 0.2) is 0 Å². The van der Waals surface area contributed by atoms with Crippen molar-refractivity contribution in [1.82, 2.24) is 19.8 Å². The molecule has 164 valence electrons. The first-order chi connectivity index (χ1) is 13.9. The summed E-state index contributed by atoms with van der Waals surface area (Å²) < 4.78 is 11.1. The Morgan fingerprint density at radius 3 is 1.79 bits per heavy atom. The van der Waals surface area contributed by atoms with Gasteiger partial charge in [-0.3, -0.25) is 19.8 Å². The Morgan fingerprint density at radius 1 is 0.966 bits per heavy atom. The standard InChI is InChI=1S/C20H37N7O2/c1-5-7-18(17(4)21)27(23)20(25-10-14-29-15-11-25)19(26(22)16(3)6-2)24-8-12-28-13-9-24/h5-7,19-20H,2-3,8-15,21-23H2,1,4H3/b7-5-,18-17-. The zero-order chi connectivity index (χ0) is 21.4. The highest BCUT2D eigenvalue weighted by molar-refractivity contribution is 5.22. The van der Waals surface area contributed by atoms with E-state index in [0.29, 0.717) is 37.8 Å². The molecule has 2 aliphatic heterocycles. The molecule has 0 aromatic carbocycles. The van der Waals surface area contributed by atoms with Crippen LogP contribution in [0.25, 0.3) is 0 Å². The fraction of sp³-hybridized carbons (Fsp3) is 0.600. The van der Waals surface area contributed by atoms with Crippen molar-refractivity contribution in [2.75, 3.05) is 52.6 Å². The molecule has 0 saturated carbocycles. The van der Waals surface area contributed by atoms with Gasteiger partial charge < -0.3 is 15.2 Å². The lowest BCUT2D eigenvalue weighted by Gasteiger charge is -2.51. The van der Waals surface area contributed by atoms with Gasteiger partial charge in [-0.2, -0.15) is 0 Å². The zero-order valence-electron chi connectivity index (χ0n) is 17.8. The van der Waals surface area contributed by atoms with E-state index in [1.54, 1.807) is 16.1 Å². The molecule has 0 radical (unpaired) electrons.